The van der Waals surface area contributed by atoms with Crippen LogP contribution in [0.15, 0.2) is 11.6 Å². The van der Waals surface area contributed by atoms with E-state index in [1.165, 1.54) is 38.5 Å². The lowest BCUT2D eigenvalue weighted by Crippen LogP contribution is -2.51. The molecule has 3 fully saturated rings. The van der Waals surface area contributed by atoms with Gasteiger partial charge < -0.3 is 14.9 Å². The van der Waals surface area contributed by atoms with E-state index >= 15 is 0 Å². The summed E-state index contributed by atoms with van der Waals surface area (Å²) in [6.45, 7) is 12.2. The van der Waals surface area contributed by atoms with E-state index in [1.807, 2.05) is 0 Å². The number of rotatable bonds is 9. The van der Waals surface area contributed by atoms with Crippen LogP contribution in [0.5, 0.6) is 0 Å². The largest absolute Gasteiger partial charge is 0.481 e. The molecule has 4 heteroatoms. The summed E-state index contributed by atoms with van der Waals surface area (Å²) in [6, 6.07) is 0. The Labute approximate surface area is 207 Å². The number of allylic oxidation sites excluding steroid dienone is 1. The summed E-state index contributed by atoms with van der Waals surface area (Å²) in [5.74, 6) is 3.53. The highest BCUT2D eigenvalue weighted by Crippen LogP contribution is 2.67. The first-order valence-electron chi connectivity index (χ1n) is 14.3. The number of ether oxygens (including phenoxy) is 1. The molecule has 194 valence electrons. The molecule has 5 unspecified atom stereocenters. The predicted octanol–water partition coefficient (Wildman–Crippen LogP) is 6.86. The molecule has 34 heavy (non-hydrogen) atoms. The Morgan fingerprint density at radius 3 is 2.56 bits per heavy atom. The van der Waals surface area contributed by atoms with Crippen LogP contribution < -0.4 is 0 Å². The van der Waals surface area contributed by atoms with E-state index in [0.717, 1.165) is 49.4 Å². The Bertz CT molecular complexity index is 759. The average molecular weight is 475 g/mol. The zero-order valence-electron chi connectivity index (χ0n) is 22.4. The minimum atomic E-state index is -0.772. The van der Waals surface area contributed by atoms with Crippen molar-refractivity contribution in [3.05, 3.63) is 11.6 Å². The molecular weight excluding hydrogens is 424 g/mol. The molecule has 2 N–H and O–H groups in total. The molecule has 4 aliphatic rings. The Kier molecular flexibility index (Phi) is 7.89. The first-order chi connectivity index (χ1) is 16.1. The quantitative estimate of drug-likeness (QED) is 0.358. The molecular formula is C30H50O4. The van der Waals surface area contributed by atoms with E-state index in [2.05, 4.69) is 40.7 Å². The molecule has 0 aromatic carbocycles. The number of aliphatic hydroxyl groups is 1. The van der Waals surface area contributed by atoms with Gasteiger partial charge in [-0.05, 0) is 111 Å². The number of aliphatic carboxylic acids is 1. The molecule has 0 bridgehead atoms. The number of carboxylic acid groups (broad SMARTS) is 1. The van der Waals surface area contributed by atoms with E-state index in [4.69, 9.17) is 9.84 Å². The molecule has 0 heterocycles. The zero-order valence-corrected chi connectivity index (χ0v) is 22.4. The lowest BCUT2D eigenvalue weighted by molar-refractivity contribution is -0.139. The van der Waals surface area contributed by atoms with E-state index < -0.39 is 5.97 Å². The minimum Gasteiger partial charge on any atom is -0.481 e. The summed E-state index contributed by atoms with van der Waals surface area (Å²) < 4.78 is 5.96. The van der Waals surface area contributed by atoms with Crippen LogP contribution in [0.3, 0.4) is 0 Å². The molecule has 0 aromatic rings. The van der Waals surface area contributed by atoms with Gasteiger partial charge in [0.05, 0.1) is 25.2 Å². The minimum absolute atomic E-state index is 0.105. The van der Waals surface area contributed by atoms with Gasteiger partial charge in [0.25, 0.3) is 0 Å². The highest BCUT2D eigenvalue weighted by molar-refractivity contribution is 5.66. The van der Waals surface area contributed by atoms with Crippen molar-refractivity contribution in [3.8, 4) is 0 Å². The summed E-state index contributed by atoms with van der Waals surface area (Å²) in [5, 5.41) is 19.3. The van der Waals surface area contributed by atoms with Crippen LogP contribution in [0, 0.1) is 46.3 Å². The third kappa shape index (κ3) is 4.88. The molecule has 3 saturated carbocycles. The second-order valence-corrected chi connectivity index (χ2v) is 13.2. The first-order valence-corrected chi connectivity index (χ1v) is 14.3. The number of carboxylic acids is 1. The van der Waals surface area contributed by atoms with Crippen molar-refractivity contribution in [2.75, 3.05) is 6.61 Å². The molecule has 4 nitrogen and oxygen atoms in total. The fourth-order valence-corrected chi connectivity index (χ4v) is 9.03. The standard InChI is InChI=1S/C30H50O4/c1-19(2)27(31)11-6-20(3)24-9-10-25-23-8-7-21-18-22(34-17-14-28(32)33)12-15-29(21,4)26(23)13-16-30(24,25)5/h7,19-20,22-27,31H,6,8-18H2,1-5H3,(H,32,33)/t20?,22?,23?,24-,25?,26?,27+,29+,30-/m1/s1. The van der Waals surface area contributed by atoms with Gasteiger partial charge in [0.15, 0.2) is 0 Å². The highest BCUT2D eigenvalue weighted by Gasteiger charge is 2.59. The van der Waals surface area contributed by atoms with Crippen LogP contribution in [-0.4, -0.2) is 35.0 Å². The van der Waals surface area contributed by atoms with E-state index in [9.17, 15) is 9.90 Å². The number of carbonyl (C=O) groups is 1. The van der Waals surface area contributed by atoms with Crippen molar-refractivity contribution in [2.45, 2.75) is 117 Å². The SMILES string of the molecule is CC(CC[C@H](O)C(C)C)[C@H]1CCC2C3CC=C4CC(OCCC(=O)O)CC[C@]4(C)C3CC[C@@]21C. The van der Waals surface area contributed by atoms with Crippen LogP contribution >= 0.6 is 0 Å². The van der Waals surface area contributed by atoms with Gasteiger partial charge in [-0.2, -0.15) is 0 Å². The summed E-state index contributed by atoms with van der Waals surface area (Å²) >= 11 is 0. The zero-order chi connectivity index (χ0) is 24.7. The van der Waals surface area contributed by atoms with Gasteiger partial charge in [0.2, 0.25) is 0 Å². The lowest BCUT2D eigenvalue weighted by Gasteiger charge is -2.58. The first kappa shape index (κ1) is 26.2. The van der Waals surface area contributed by atoms with Crippen molar-refractivity contribution < 1.29 is 19.7 Å². The Morgan fingerprint density at radius 1 is 1.09 bits per heavy atom. The predicted molar refractivity (Wildman–Crippen MR) is 136 cm³/mol. The fraction of sp³-hybridized carbons (Fsp3) is 0.900. The second kappa shape index (κ2) is 10.2. The van der Waals surface area contributed by atoms with E-state index in [0.29, 0.717) is 29.3 Å². The maximum absolute atomic E-state index is 10.8. The number of aliphatic hydroxyl groups excluding tert-OH is 1. The summed E-state index contributed by atoms with van der Waals surface area (Å²) in [4.78, 5) is 10.8. The Balaban J connectivity index is 1.41. The number of fused-ring (bicyclic) bond motifs is 5. The number of hydrogen-bond acceptors (Lipinski definition) is 3. The second-order valence-electron chi connectivity index (χ2n) is 13.2. The molecule has 0 spiro atoms. The van der Waals surface area contributed by atoms with Gasteiger partial charge in [0.1, 0.15) is 0 Å². The summed E-state index contributed by atoms with van der Waals surface area (Å²) in [5.41, 5.74) is 2.37. The highest BCUT2D eigenvalue weighted by atomic mass is 16.5. The van der Waals surface area contributed by atoms with Gasteiger partial charge in [-0.25, -0.2) is 0 Å². The van der Waals surface area contributed by atoms with Crippen molar-refractivity contribution in [3.63, 3.8) is 0 Å². The summed E-state index contributed by atoms with van der Waals surface area (Å²) in [7, 11) is 0. The Hall–Kier alpha value is -0.870. The van der Waals surface area contributed by atoms with Crippen molar-refractivity contribution in [1.82, 2.24) is 0 Å². The van der Waals surface area contributed by atoms with Gasteiger partial charge in [0, 0.05) is 0 Å². The molecule has 0 radical (unpaired) electrons. The van der Waals surface area contributed by atoms with Crippen LogP contribution in [0.2, 0.25) is 0 Å². The lowest BCUT2D eigenvalue weighted by atomic mass is 9.47. The maximum atomic E-state index is 10.8. The smallest absolute Gasteiger partial charge is 0.305 e. The van der Waals surface area contributed by atoms with E-state index in [-0.39, 0.29) is 18.6 Å². The third-order valence-electron chi connectivity index (χ3n) is 11.2. The normalized spacial score (nSPS) is 41.3. The van der Waals surface area contributed by atoms with Crippen LogP contribution in [0.25, 0.3) is 0 Å². The van der Waals surface area contributed by atoms with Gasteiger partial charge >= 0.3 is 5.97 Å². The van der Waals surface area contributed by atoms with Crippen LogP contribution in [-0.2, 0) is 9.53 Å². The van der Waals surface area contributed by atoms with Gasteiger partial charge in [-0.15, -0.1) is 0 Å². The van der Waals surface area contributed by atoms with Crippen molar-refractivity contribution in [1.29, 1.82) is 0 Å². The van der Waals surface area contributed by atoms with Crippen LogP contribution in [0.4, 0.5) is 0 Å². The topological polar surface area (TPSA) is 66.8 Å². The molecule has 0 saturated heterocycles. The summed E-state index contributed by atoms with van der Waals surface area (Å²) in [6.07, 6.45) is 14.8. The molecule has 4 rings (SSSR count). The molecule has 0 amide bonds. The molecule has 9 atom stereocenters. The van der Waals surface area contributed by atoms with Crippen molar-refractivity contribution >= 4 is 5.97 Å². The average Bonchev–Trinajstić information content (AvgIpc) is 3.14. The third-order valence-corrected chi connectivity index (χ3v) is 11.2. The van der Waals surface area contributed by atoms with Crippen molar-refractivity contribution in [2.24, 2.45) is 46.3 Å². The fourth-order valence-electron chi connectivity index (χ4n) is 9.03. The van der Waals surface area contributed by atoms with Crippen LogP contribution in [0.1, 0.15) is 105 Å². The molecule has 0 aliphatic heterocycles. The van der Waals surface area contributed by atoms with Gasteiger partial charge in [-0.3, -0.25) is 4.79 Å². The Morgan fingerprint density at radius 2 is 1.85 bits per heavy atom. The van der Waals surface area contributed by atoms with Gasteiger partial charge in [-0.1, -0.05) is 46.3 Å². The van der Waals surface area contributed by atoms with E-state index in [1.54, 1.807) is 5.57 Å². The number of hydrogen-bond donors (Lipinski definition) is 2. The monoisotopic (exact) mass is 474 g/mol. The maximum Gasteiger partial charge on any atom is 0.305 e. The molecule has 4 aliphatic carbocycles. The molecule has 0 aromatic heterocycles.